The van der Waals surface area contributed by atoms with Crippen LogP contribution in [0.1, 0.15) is 40.0 Å². The van der Waals surface area contributed by atoms with Gasteiger partial charge in [0, 0.05) is 24.0 Å². The average Bonchev–Trinajstić information content (AvgIpc) is 2.76. The molecule has 1 aliphatic heterocycles. The van der Waals surface area contributed by atoms with Gasteiger partial charge in [0.05, 0.1) is 6.21 Å². The number of aliphatic imine (C=N–C) groups is 1. The summed E-state index contributed by atoms with van der Waals surface area (Å²) in [6.07, 6.45) is 6.67. The lowest BCUT2D eigenvalue weighted by Crippen LogP contribution is -2.25. The van der Waals surface area contributed by atoms with Crippen LogP contribution in [0, 0.1) is 11.3 Å². The molecule has 4 heteroatoms. The number of hydrogen-bond acceptors (Lipinski definition) is 4. The van der Waals surface area contributed by atoms with Crippen molar-refractivity contribution in [2.24, 2.45) is 10.7 Å². The van der Waals surface area contributed by atoms with E-state index in [0.717, 1.165) is 18.7 Å². The SMILES string of the molecule is CC/C=C(N)/C=N\C(C#N)=C(/C)N1CCCC1C. The number of hydrogen-bond donors (Lipinski definition) is 1. The molecule has 1 aliphatic rings. The van der Waals surface area contributed by atoms with Gasteiger partial charge in [-0.1, -0.05) is 13.0 Å². The van der Waals surface area contributed by atoms with E-state index in [2.05, 4.69) is 22.9 Å². The summed E-state index contributed by atoms with van der Waals surface area (Å²) in [6.45, 7) is 7.16. The third-order valence-corrected chi connectivity index (χ3v) is 3.21. The number of allylic oxidation sites excluding steroid dienone is 4. The van der Waals surface area contributed by atoms with Crippen molar-refractivity contribution in [2.45, 2.75) is 46.1 Å². The van der Waals surface area contributed by atoms with Gasteiger partial charge in [0.2, 0.25) is 0 Å². The maximum Gasteiger partial charge on any atom is 0.159 e. The highest BCUT2D eigenvalue weighted by molar-refractivity contribution is 5.78. The smallest absolute Gasteiger partial charge is 0.159 e. The summed E-state index contributed by atoms with van der Waals surface area (Å²) in [5.41, 5.74) is 7.74. The van der Waals surface area contributed by atoms with Crippen LogP contribution in [0.4, 0.5) is 0 Å². The molecule has 0 aromatic carbocycles. The lowest BCUT2D eigenvalue weighted by atomic mass is 10.2. The zero-order valence-corrected chi connectivity index (χ0v) is 11.5. The van der Waals surface area contributed by atoms with Crippen LogP contribution in [-0.2, 0) is 0 Å². The molecule has 1 heterocycles. The van der Waals surface area contributed by atoms with E-state index in [4.69, 9.17) is 5.73 Å². The average molecular weight is 246 g/mol. The fraction of sp³-hybridized carbons (Fsp3) is 0.571. The largest absolute Gasteiger partial charge is 0.398 e. The molecule has 1 rings (SSSR count). The van der Waals surface area contributed by atoms with Gasteiger partial charge in [-0.25, -0.2) is 4.99 Å². The second kappa shape index (κ2) is 6.85. The molecule has 0 bridgehead atoms. The topological polar surface area (TPSA) is 65.4 Å². The molecule has 0 aromatic heterocycles. The normalized spacial score (nSPS) is 22.2. The van der Waals surface area contributed by atoms with Crippen molar-refractivity contribution < 1.29 is 0 Å². The lowest BCUT2D eigenvalue weighted by Gasteiger charge is -2.24. The first-order valence-corrected chi connectivity index (χ1v) is 6.47. The fourth-order valence-corrected chi connectivity index (χ4v) is 2.20. The van der Waals surface area contributed by atoms with Crippen LogP contribution >= 0.6 is 0 Å². The summed E-state index contributed by atoms with van der Waals surface area (Å²) in [7, 11) is 0. The zero-order chi connectivity index (χ0) is 13.5. The molecule has 0 aliphatic carbocycles. The molecular weight excluding hydrogens is 224 g/mol. The molecule has 1 saturated heterocycles. The third kappa shape index (κ3) is 3.63. The molecule has 1 atom stereocenters. The first-order chi connectivity index (χ1) is 8.60. The van der Waals surface area contributed by atoms with E-state index in [1.54, 1.807) is 6.21 Å². The second-order valence-electron chi connectivity index (χ2n) is 4.60. The monoisotopic (exact) mass is 246 g/mol. The standard InChI is InChI=1S/C14H22N4/c1-4-6-13(16)10-17-14(9-15)12(3)18-8-5-7-11(18)2/h6,10-11H,4-5,7-8,16H2,1-3H3/b13-6-,14-12+,17-10-. The zero-order valence-electron chi connectivity index (χ0n) is 11.5. The Labute approximate surface area is 109 Å². The number of nitriles is 1. The highest BCUT2D eigenvalue weighted by atomic mass is 15.2. The highest BCUT2D eigenvalue weighted by Crippen LogP contribution is 2.23. The number of rotatable bonds is 4. The molecule has 98 valence electrons. The first-order valence-electron chi connectivity index (χ1n) is 6.47. The molecule has 4 nitrogen and oxygen atoms in total. The molecule has 2 N–H and O–H groups in total. The van der Waals surface area contributed by atoms with E-state index in [0.29, 0.717) is 17.4 Å². The summed E-state index contributed by atoms with van der Waals surface area (Å²) in [5, 5.41) is 9.18. The van der Waals surface area contributed by atoms with Crippen molar-refractivity contribution in [1.29, 1.82) is 5.26 Å². The maximum absolute atomic E-state index is 9.18. The van der Waals surface area contributed by atoms with Crippen molar-refractivity contribution in [1.82, 2.24) is 4.90 Å². The van der Waals surface area contributed by atoms with Crippen LogP contribution in [0.25, 0.3) is 0 Å². The Morgan fingerprint density at radius 2 is 2.33 bits per heavy atom. The van der Waals surface area contributed by atoms with Crippen LogP contribution in [0.15, 0.2) is 28.2 Å². The molecule has 0 spiro atoms. The number of nitrogens with two attached hydrogens (primary N) is 1. The van der Waals surface area contributed by atoms with Gasteiger partial charge in [0.1, 0.15) is 6.07 Å². The summed E-state index contributed by atoms with van der Waals surface area (Å²) in [5.74, 6) is 0. The van der Waals surface area contributed by atoms with Crippen LogP contribution in [0.5, 0.6) is 0 Å². The molecule has 0 amide bonds. The molecular formula is C14H22N4. The summed E-state index contributed by atoms with van der Waals surface area (Å²) in [6, 6.07) is 2.65. The van der Waals surface area contributed by atoms with Crippen molar-refractivity contribution in [3.63, 3.8) is 0 Å². The van der Waals surface area contributed by atoms with Crippen molar-refractivity contribution in [2.75, 3.05) is 6.54 Å². The highest BCUT2D eigenvalue weighted by Gasteiger charge is 2.22. The van der Waals surface area contributed by atoms with Gasteiger partial charge in [-0.05, 0) is 33.1 Å². The van der Waals surface area contributed by atoms with E-state index >= 15 is 0 Å². The number of likely N-dealkylation sites (tertiary alicyclic amines) is 1. The van der Waals surface area contributed by atoms with E-state index in [1.807, 2.05) is 19.9 Å². The van der Waals surface area contributed by atoms with Crippen LogP contribution in [0.2, 0.25) is 0 Å². The molecule has 0 saturated carbocycles. The van der Waals surface area contributed by atoms with Gasteiger partial charge in [-0.15, -0.1) is 0 Å². The quantitative estimate of drug-likeness (QED) is 0.612. The van der Waals surface area contributed by atoms with Crippen molar-refractivity contribution >= 4 is 6.21 Å². The lowest BCUT2D eigenvalue weighted by molar-refractivity contribution is 0.338. The van der Waals surface area contributed by atoms with Gasteiger partial charge in [0.25, 0.3) is 0 Å². The minimum Gasteiger partial charge on any atom is -0.398 e. The fourth-order valence-electron chi connectivity index (χ4n) is 2.20. The summed E-state index contributed by atoms with van der Waals surface area (Å²) in [4.78, 5) is 6.44. The predicted molar refractivity (Wildman–Crippen MR) is 74.8 cm³/mol. The van der Waals surface area contributed by atoms with Gasteiger partial charge < -0.3 is 10.6 Å². The van der Waals surface area contributed by atoms with Gasteiger partial charge in [-0.2, -0.15) is 5.26 Å². The Bertz CT molecular complexity index is 412. The Hall–Kier alpha value is -1.76. The second-order valence-corrected chi connectivity index (χ2v) is 4.60. The van der Waals surface area contributed by atoms with Gasteiger partial charge >= 0.3 is 0 Å². The molecule has 18 heavy (non-hydrogen) atoms. The van der Waals surface area contributed by atoms with Gasteiger partial charge in [-0.3, -0.25) is 0 Å². The molecule has 0 aromatic rings. The molecule has 1 fully saturated rings. The number of nitrogens with zero attached hydrogens (tertiary/aromatic N) is 3. The molecule has 0 radical (unpaired) electrons. The summed E-state index contributed by atoms with van der Waals surface area (Å²) < 4.78 is 0. The van der Waals surface area contributed by atoms with E-state index < -0.39 is 0 Å². The minimum atomic E-state index is 0.455. The van der Waals surface area contributed by atoms with E-state index in [-0.39, 0.29) is 0 Å². The van der Waals surface area contributed by atoms with Crippen LogP contribution in [0.3, 0.4) is 0 Å². The summed E-state index contributed by atoms with van der Waals surface area (Å²) >= 11 is 0. The first kappa shape index (κ1) is 14.3. The Morgan fingerprint density at radius 1 is 1.61 bits per heavy atom. The minimum absolute atomic E-state index is 0.455. The Balaban J connectivity index is 2.88. The van der Waals surface area contributed by atoms with Crippen LogP contribution < -0.4 is 5.73 Å². The van der Waals surface area contributed by atoms with E-state index in [1.165, 1.54) is 12.8 Å². The van der Waals surface area contributed by atoms with E-state index in [9.17, 15) is 5.26 Å². The Morgan fingerprint density at radius 3 is 2.83 bits per heavy atom. The van der Waals surface area contributed by atoms with Crippen LogP contribution in [-0.4, -0.2) is 23.7 Å². The van der Waals surface area contributed by atoms with Crippen molar-refractivity contribution in [3.8, 4) is 6.07 Å². The van der Waals surface area contributed by atoms with Gasteiger partial charge in [0.15, 0.2) is 5.70 Å². The molecule has 1 unspecified atom stereocenters. The van der Waals surface area contributed by atoms with Crippen molar-refractivity contribution in [3.05, 3.63) is 23.2 Å². The predicted octanol–water partition coefficient (Wildman–Crippen LogP) is 2.55. The maximum atomic E-state index is 9.18. The third-order valence-electron chi connectivity index (χ3n) is 3.21. The Kier molecular flexibility index (Phi) is 5.44.